The van der Waals surface area contributed by atoms with Crippen molar-refractivity contribution in [3.8, 4) is 0 Å². The number of imidazole rings is 1. The fraction of sp³-hybridized carbons (Fsp3) is 0.500. The summed E-state index contributed by atoms with van der Waals surface area (Å²) in [6.45, 7) is 6.60. The maximum atomic E-state index is 13.1. The lowest BCUT2D eigenvalue weighted by molar-refractivity contribution is -0.120. The van der Waals surface area contributed by atoms with Gasteiger partial charge in [-0.2, -0.15) is 0 Å². The van der Waals surface area contributed by atoms with E-state index in [-0.39, 0.29) is 11.8 Å². The topological polar surface area (TPSA) is 75.9 Å². The first-order valence-electron chi connectivity index (χ1n) is 11.4. The summed E-state index contributed by atoms with van der Waals surface area (Å²) in [6.07, 6.45) is 8.09. The standard InChI is InChI=1S/C24H30N6O/c1-16-9-10-17(2)19(13-16)27-24(31)18-7-6-11-29(14-18)22-21-23(26-15-25-22)30-12-5-3-4-8-20(30)28-21/h9-10,13,15,18H,3-8,11-12,14H2,1-2H3,(H,27,31)/t18-/m0/s1. The van der Waals surface area contributed by atoms with E-state index in [1.807, 2.05) is 19.9 Å². The number of amides is 1. The molecule has 2 aliphatic heterocycles. The highest BCUT2D eigenvalue weighted by molar-refractivity contribution is 5.94. The summed E-state index contributed by atoms with van der Waals surface area (Å²) in [5, 5.41) is 3.16. The largest absolute Gasteiger partial charge is 0.354 e. The summed E-state index contributed by atoms with van der Waals surface area (Å²) >= 11 is 0. The second-order valence-corrected chi connectivity index (χ2v) is 8.95. The summed E-state index contributed by atoms with van der Waals surface area (Å²) in [4.78, 5) is 29.4. The van der Waals surface area contributed by atoms with Gasteiger partial charge in [-0.15, -0.1) is 0 Å². The first-order valence-corrected chi connectivity index (χ1v) is 11.4. The van der Waals surface area contributed by atoms with Gasteiger partial charge in [-0.3, -0.25) is 4.79 Å². The molecular formula is C24H30N6O. The third-order valence-corrected chi connectivity index (χ3v) is 6.62. The minimum atomic E-state index is -0.0703. The molecule has 1 atom stereocenters. The summed E-state index contributed by atoms with van der Waals surface area (Å²) < 4.78 is 2.27. The molecule has 0 radical (unpaired) electrons. The Kier molecular flexibility index (Phi) is 5.34. The Morgan fingerprint density at radius 1 is 1.10 bits per heavy atom. The number of hydrogen-bond donors (Lipinski definition) is 1. The number of nitrogens with zero attached hydrogens (tertiary/aromatic N) is 5. The molecule has 1 aromatic carbocycles. The van der Waals surface area contributed by atoms with Crippen molar-refractivity contribution < 1.29 is 4.79 Å². The number of piperidine rings is 1. The van der Waals surface area contributed by atoms with E-state index in [0.717, 1.165) is 72.0 Å². The van der Waals surface area contributed by atoms with Crippen LogP contribution in [-0.2, 0) is 17.8 Å². The van der Waals surface area contributed by atoms with Crippen LogP contribution in [0.3, 0.4) is 0 Å². The molecular weight excluding hydrogens is 388 g/mol. The van der Waals surface area contributed by atoms with Gasteiger partial charge in [0.05, 0.1) is 5.92 Å². The van der Waals surface area contributed by atoms with Gasteiger partial charge in [-0.05, 0) is 56.7 Å². The highest BCUT2D eigenvalue weighted by Gasteiger charge is 2.29. The number of anilines is 2. The lowest BCUT2D eigenvalue weighted by atomic mass is 9.96. The van der Waals surface area contributed by atoms with Crippen LogP contribution >= 0.6 is 0 Å². The van der Waals surface area contributed by atoms with Crippen LogP contribution in [0.1, 0.15) is 49.1 Å². The van der Waals surface area contributed by atoms with E-state index in [0.29, 0.717) is 6.54 Å². The Balaban J connectivity index is 1.38. The van der Waals surface area contributed by atoms with Crippen LogP contribution in [0.15, 0.2) is 24.5 Å². The molecule has 4 heterocycles. The molecule has 1 fully saturated rings. The van der Waals surface area contributed by atoms with Crippen LogP contribution < -0.4 is 10.2 Å². The monoisotopic (exact) mass is 418 g/mol. The van der Waals surface area contributed by atoms with E-state index in [1.54, 1.807) is 6.33 Å². The minimum Gasteiger partial charge on any atom is -0.354 e. The van der Waals surface area contributed by atoms with E-state index >= 15 is 0 Å². The van der Waals surface area contributed by atoms with E-state index in [4.69, 9.17) is 4.98 Å². The zero-order valence-corrected chi connectivity index (χ0v) is 18.4. The molecule has 1 saturated heterocycles. The number of benzene rings is 1. The number of hydrogen-bond acceptors (Lipinski definition) is 5. The van der Waals surface area contributed by atoms with Gasteiger partial charge < -0.3 is 14.8 Å². The molecule has 7 nitrogen and oxygen atoms in total. The number of fused-ring (bicyclic) bond motifs is 3. The number of rotatable bonds is 3. The molecule has 7 heteroatoms. The zero-order valence-electron chi connectivity index (χ0n) is 18.4. The molecule has 3 aromatic rings. The van der Waals surface area contributed by atoms with Crippen LogP contribution in [0, 0.1) is 19.8 Å². The van der Waals surface area contributed by atoms with Crippen LogP contribution in [0.2, 0.25) is 0 Å². The van der Waals surface area contributed by atoms with Gasteiger partial charge >= 0.3 is 0 Å². The Bertz CT molecular complexity index is 1120. The summed E-state index contributed by atoms with van der Waals surface area (Å²) in [5.41, 5.74) is 4.96. The van der Waals surface area contributed by atoms with Crippen molar-refractivity contribution in [2.24, 2.45) is 5.92 Å². The average Bonchev–Trinajstić information content (AvgIpc) is 2.97. The van der Waals surface area contributed by atoms with Gasteiger partial charge in [-0.25, -0.2) is 15.0 Å². The smallest absolute Gasteiger partial charge is 0.229 e. The van der Waals surface area contributed by atoms with Crippen molar-refractivity contribution in [3.05, 3.63) is 41.5 Å². The third-order valence-electron chi connectivity index (χ3n) is 6.62. The number of carbonyl (C=O) groups excluding carboxylic acids is 1. The van der Waals surface area contributed by atoms with Crippen molar-refractivity contribution in [3.63, 3.8) is 0 Å². The SMILES string of the molecule is Cc1ccc(C)c(NC(=O)[C@H]2CCCN(c3ncnc4c3nc3n4CCCCC3)C2)c1. The molecule has 31 heavy (non-hydrogen) atoms. The Morgan fingerprint density at radius 2 is 2.00 bits per heavy atom. The maximum absolute atomic E-state index is 13.1. The number of aromatic nitrogens is 4. The molecule has 5 rings (SSSR count). The lowest BCUT2D eigenvalue weighted by Gasteiger charge is -2.33. The molecule has 0 aliphatic carbocycles. The minimum absolute atomic E-state index is 0.0703. The third kappa shape index (κ3) is 3.89. The van der Waals surface area contributed by atoms with Crippen LogP contribution in [0.4, 0.5) is 11.5 Å². The van der Waals surface area contributed by atoms with Crippen LogP contribution in [0.25, 0.3) is 11.2 Å². The van der Waals surface area contributed by atoms with Crippen molar-refractivity contribution in [2.75, 3.05) is 23.3 Å². The second kappa shape index (κ2) is 8.29. The van der Waals surface area contributed by atoms with Gasteiger partial charge in [0, 0.05) is 31.7 Å². The summed E-state index contributed by atoms with van der Waals surface area (Å²) in [7, 11) is 0. The fourth-order valence-corrected chi connectivity index (χ4v) is 4.85. The summed E-state index contributed by atoms with van der Waals surface area (Å²) in [6, 6.07) is 6.17. The van der Waals surface area contributed by atoms with Crippen LogP contribution in [-0.4, -0.2) is 38.5 Å². The quantitative estimate of drug-likeness (QED) is 0.695. The predicted molar refractivity (Wildman–Crippen MR) is 122 cm³/mol. The van der Waals surface area contributed by atoms with Gasteiger partial charge in [0.1, 0.15) is 12.2 Å². The van der Waals surface area contributed by atoms with E-state index in [9.17, 15) is 4.79 Å². The highest BCUT2D eigenvalue weighted by Crippen LogP contribution is 2.30. The van der Waals surface area contributed by atoms with E-state index < -0.39 is 0 Å². The normalized spacial score (nSPS) is 19.2. The average molecular weight is 419 g/mol. The molecule has 162 valence electrons. The zero-order chi connectivity index (χ0) is 21.4. The lowest BCUT2D eigenvalue weighted by Crippen LogP contribution is -2.41. The first-order chi connectivity index (χ1) is 15.1. The molecule has 0 unspecified atom stereocenters. The molecule has 0 bridgehead atoms. The van der Waals surface area contributed by atoms with E-state index in [2.05, 4.69) is 36.9 Å². The van der Waals surface area contributed by atoms with Gasteiger partial charge in [0.2, 0.25) is 5.91 Å². The molecule has 1 N–H and O–H groups in total. The molecule has 0 spiro atoms. The number of aryl methyl sites for hydroxylation is 4. The fourth-order valence-electron chi connectivity index (χ4n) is 4.85. The first kappa shape index (κ1) is 20.0. The highest BCUT2D eigenvalue weighted by atomic mass is 16.1. The second-order valence-electron chi connectivity index (χ2n) is 8.95. The van der Waals surface area contributed by atoms with Crippen molar-refractivity contribution in [2.45, 2.75) is 58.9 Å². The number of nitrogens with one attached hydrogen (secondary N) is 1. The molecule has 1 amide bonds. The summed E-state index contributed by atoms with van der Waals surface area (Å²) in [5.74, 6) is 2.01. The van der Waals surface area contributed by atoms with E-state index in [1.165, 1.54) is 19.3 Å². The van der Waals surface area contributed by atoms with Gasteiger partial charge in [0.25, 0.3) is 0 Å². The Hall–Kier alpha value is -2.96. The van der Waals surface area contributed by atoms with Crippen molar-refractivity contribution >= 4 is 28.6 Å². The van der Waals surface area contributed by atoms with Crippen LogP contribution in [0.5, 0.6) is 0 Å². The predicted octanol–water partition coefficient (Wildman–Crippen LogP) is 4.02. The molecule has 0 saturated carbocycles. The maximum Gasteiger partial charge on any atom is 0.229 e. The molecule has 2 aliphatic rings. The van der Waals surface area contributed by atoms with Gasteiger partial charge in [0.15, 0.2) is 17.0 Å². The Morgan fingerprint density at radius 3 is 2.90 bits per heavy atom. The number of carbonyl (C=O) groups is 1. The van der Waals surface area contributed by atoms with Crippen molar-refractivity contribution in [1.82, 2.24) is 19.5 Å². The van der Waals surface area contributed by atoms with Crippen molar-refractivity contribution in [1.29, 1.82) is 0 Å². The Labute approximate surface area is 182 Å². The molecule has 2 aromatic heterocycles. The van der Waals surface area contributed by atoms with Gasteiger partial charge in [-0.1, -0.05) is 18.6 Å².